The Morgan fingerprint density at radius 2 is 1.89 bits per heavy atom. The molecule has 1 aromatic rings. The molecule has 104 valence electrons. The summed E-state index contributed by atoms with van der Waals surface area (Å²) in [7, 11) is 0. The zero-order valence-electron chi connectivity index (χ0n) is 9.15. The van der Waals surface area contributed by atoms with Crippen molar-refractivity contribution >= 4 is 40.8 Å². The van der Waals surface area contributed by atoms with Crippen molar-refractivity contribution in [1.29, 1.82) is 0 Å². The van der Waals surface area contributed by atoms with Crippen molar-refractivity contribution < 1.29 is 22.8 Å². The van der Waals surface area contributed by atoms with Gasteiger partial charge in [0.1, 0.15) is 5.88 Å². The van der Waals surface area contributed by atoms with E-state index in [9.17, 15) is 22.8 Å². The van der Waals surface area contributed by atoms with Gasteiger partial charge in [-0.1, -0.05) is 11.6 Å². The third-order valence-electron chi connectivity index (χ3n) is 1.92. The topological polar surface area (TPSA) is 58.2 Å². The molecule has 0 heterocycles. The van der Waals surface area contributed by atoms with Gasteiger partial charge in [0.25, 0.3) is 0 Å². The van der Waals surface area contributed by atoms with E-state index < -0.39 is 29.6 Å². The Balaban J connectivity index is 2.89. The van der Waals surface area contributed by atoms with Gasteiger partial charge < -0.3 is 5.32 Å². The van der Waals surface area contributed by atoms with Gasteiger partial charge in [-0.3, -0.25) is 10.1 Å². The van der Waals surface area contributed by atoms with Gasteiger partial charge in [-0.25, -0.2) is 4.79 Å². The molecule has 0 aromatic heterocycles. The summed E-state index contributed by atoms with van der Waals surface area (Å²) in [4.78, 5) is 22.1. The first-order valence-corrected chi connectivity index (χ1v) is 5.69. The van der Waals surface area contributed by atoms with E-state index >= 15 is 0 Å². The summed E-state index contributed by atoms with van der Waals surface area (Å²) in [5, 5.41) is 3.73. The van der Waals surface area contributed by atoms with Crippen LogP contribution in [0.2, 0.25) is 5.02 Å². The number of rotatable bonds is 2. The number of carbonyl (C=O) groups is 2. The maximum Gasteiger partial charge on any atom is 0.416 e. The summed E-state index contributed by atoms with van der Waals surface area (Å²) in [5.74, 6) is -1.24. The van der Waals surface area contributed by atoms with Gasteiger partial charge in [0.05, 0.1) is 16.3 Å². The van der Waals surface area contributed by atoms with E-state index in [1.807, 2.05) is 5.32 Å². The van der Waals surface area contributed by atoms with Gasteiger partial charge in [-0.2, -0.15) is 13.2 Å². The first kappa shape index (κ1) is 15.6. The normalized spacial score (nSPS) is 11.0. The van der Waals surface area contributed by atoms with E-state index in [1.54, 1.807) is 5.32 Å². The molecule has 0 saturated carbocycles. The second-order valence-corrected chi connectivity index (χ2v) is 4.00. The molecule has 2 N–H and O–H groups in total. The predicted molar refractivity (Wildman–Crippen MR) is 64.3 cm³/mol. The molecule has 1 aromatic carbocycles. The SMILES string of the molecule is O=C(CCl)NC(=O)Nc1cc(C(F)(F)F)ccc1Cl. The Morgan fingerprint density at radius 3 is 2.42 bits per heavy atom. The van der Waals surface area contributed by atoms with Crippen LogP contribution >= 0.6 is 23.2 Å². The van der Waals surface area contributed by atoms with Gasteiger partial charge in [0.15, 0.2) is 0 Å². The lowest BCUT2D eigenvalue weighted by atomic mass is 10.2. The molecule has 0 saturated heterocycles. The summed E-state index contributed by atoms with van der Waals surface area (Å²) < 4.78 is 37.4. The second kappa shape index (κ2) is 6.12. The number of anilines is 1. The molecule has 0 aliphatic heterocycles. The number of carbonyl (C=O) groups excluding carboxylic acids is 2. The van der Waals surface area contributed by atoms with Crippen LogP contribution in [0.3, 0.4) is 0 Å². The fraction of sp³-hybridized carbons (Fsp3) is 0.200. The minimum absolute atomic E-state index is 0.0959. The zero-order chi connectivity index (χ0) is 14.6. The smallest absolute Gasteiger partial charge is 0.306 e. The first-order valence-electron chi connectivity index (χ1n) is 4.77. The fourth-order valence-electron chi connectivity index (χ4n) is 1.11. The molecule has 0 bridgehead atoms. The van der Waals surface area contributed by atoms with Crippen LogP contribution in [-0.4, -0.2) is 17.8 Å². The molecule has 1 rings (SSSR count). The highest BCUT2D eigenvalue weighted by Crippen LogP contribution is 2.33. The molecule has 0 radical (unpaired) electrons. The van der Waals surface area contributed by atoms with Crippen molar-refractivity contribution in [3.8, 4) is 0 Å². The maximum atomic E-state index is 12.5. The van der Waals surface area contributed by atoms with Crippen molar-refractivity contribution in [3.05, 3.63) is 28.8 Å². The second-order valence-electron chi connectivity index (χ2n) is 3.33. The Labute approximate surface area is 115 Å². The summed E-state index contributed by atoms with van der Waals surface area (Å²) in [5.41, 5.74) is -1.24. The monoisotopic (exact) mass is 314 g/mol. The Kier molecular flexibility index (Phi) is 5.02. The third-order valence-corrected chi connectivity index (χ3v) is 2.49. The van der Waals surface area contributed by atoms with Crippen molar-refractivity contribution in [1.82, 2.24) is 5.32 Å². The number of benzene rings is 1. The lowest BCUT2D eigenvalue weighted by molar-refractivity contribution is -0.137. The lowest BCUT2D eigenvalue weighted by Gasteiger charge is -2.11. The molecule has 0 fully saturated rings. The van der Waals surface area contributed by atoms with Crippen molar-refractivity contribution in [2.75, 3.05) is 11.2 Å². The number of imide groups is 1. The summed E-state index contributed by atoms with van der Waals surface area (Å²) in [6, 6.07) is 1.40. The maximum absolute atomic E-state index is 12.5. The standard InChI is InChI=1S/C10H7Cl2F3N2O2/c11-4-8(18)17-9(19)16-7-3-5(10(13,14)15)1-2-6(7)12/h1-3H,4H2,(H2,16,17,18,19). The highest BCUT2D eigenvalue weighted by molar-refractivity contribution is 6.34. The fourth-order valence-corrected chi connectivity index (χ4v) is 1.34. The predicted octanol–water partition coefficient (Wildman–Crippen LogP) is 3.25. The van der Waals surface area contributed by atoms with Crippen LogP contribution in [0.15, 0.2) is 18.2 Å². The molecule has 0 spiro atoms. The molecular formula is C10H7Cl2F3N2O2. The largest absolute Gasteiger partial charge is 0.416 e. The van der Waals surface area contributed by atoms with Crippen molar-refractivity contribution in [2.45, 2.75) is 6.18 Å². The Morgan fingerprint density at radius 1 is 1.26 bits per heavy atom. The van der Waals surface area contributed by atoms with E-state index in [0.717, 1.165) is 12.1 Å². The zero-order valence-corrected chi connectivity index (χ0v) is 10.7. The molecular weight excluding hydrogens is 308 g/mol. The van der Waals surface area contributed by atoms with Crippen molar-refractivity contribution in [2.24, 2.45) is 0 Å². The summed E-state index contributed by atoms with van der Waals surface area (Å²) in [6.07, 6.45) is -4.57. The number of hydrogen-bond acceptors (Lipinski definition) is 2. The summed E-state index contributed by atoms with van der Waals surface area (Å²) in [6.45, 7) is 0. The van der Waals surface area contributed by atoms with E-state index in [4.69, 9.17) is 23.2 Å². The number of amides is 3. The number of alkyl halides is 4. The summed E-state index contributed by atoms with van der Waals surface area (Å²) >= 11 is 10.8. The number of nitrogens with one attached hydrogen (secondary N) is 2. The van der Waals surface area contributed by atoms with Crippen LogP contribution in [0.4, 0.5) is 23.7 Å². The van der Waals surface area contributed by atoms with Crippen molar-refractivity contribution in [3.63, 3.8) is 0 Å². The highest BCUT2D eigenvalue weighted by Gasteiger charge is 2.31. The molecule has 9 heteroatoms. The Bertz CT molecular complexity index is 506. The number of halogens is 5. The molecule has 0 unspecified atom stereocenters. The highest BCUT2D eigenvalue weighted by atomic mass is 35.5. The lowest BCUT2D eigenvalue weighted by Crippen LogP contribution is -2.35. The minimum Gasteiger partial charge on any atom is -0.306 e. The van der Waals surface area contributed by atoms with E-state index in [1.165, 1.54) is 0 Å². The third kappa shape index (κ3) is 4.60. The quantitative estimate of drug-likeness (QED) is 0.823. The number of hydrogen-bond donors (Lipinski definition) is 2. The minimum atomic E-state index is -4.57. The average Bonchev–Trinajstić information content (AvgIpc) is 2.30. The Hall–Kier alpha value is -1.47. The van der Waals surface area contributed by atoms with E-state index in [0.29, 0.717) is 6.07 Å². The molecule has 0 aliphatic rings. The molecule has 3 amide bonds. The van der Waals surface area contributed by atoms with Crippen LogP contribution < -0.4 is 10.6 Å². The van der Waals surface area contributed by atoms with Crippen LogP contribution in [0.1, 0.15) is 5.56 Å². The molecule has 19 heavy (non-hydrogen) atoms. The first-order chi connectivity index (χ1) is 8.74. The van der Waals surface area contributed by atoms with Gasteiger partial charge in [0, 0.05) is 0 Å². The van der Waals surface area contributed by atoms with Gasteiger partial charge in [-0.05, 0) is 18.2 Å². The number of urea groups is 1. The van der Waals surface area contributed by atoms with E-state index in [2.05, 4.69) is 0 Å². The van der Waals surface area contributed by atoms with E-state index in [-0.39, 0.29) is 10.7 Å². The van der Waals surface area contributed by atoms with Crippen LogP contribution in [0.25, 0.3) is 0 Å². The van der Waals surface area contributed by atoms with Gasteiger partial charge in [-0.15, -0.1) is 11.6 Å². The van der Waals surface area contributed by atoms with Gasteiger partial charge in [0.2, 0.25) is 5.91 Å². The van der Waals surface area contributed by atoms with Crippen LogP contribution in [-0.2, 0) is 11.0 Å². The van der Waals surface area contributed by atoms with Gasteiger partial charge >= 0.3 is 12.2 Å². The molecule has 4 nitrogen and oxygen atoms in total. The average molecular weight is 315 g/mol. The van der Waals surface area contributed by atoms with Crippen LogP contribution in [0.5, 0.6) is 0 Å². The molecule has 0 atom stereocenters. The van der Waals surface area contributed by atoms with Crippen LogP contribution in [0, 0.1) is 0 Å². The molecule has 0 aliphatic carbocycles.